The van der Waals surface area contributed by atoms with Gasteiger partial charge in [-0.3, -0.25) is 0 Å². The third kappa shape index (κ3) is 1.45. The van der Waals surface area contributed by atoms with Gasteiger partial charge in [-0.2, -0.15) is 0 Å². The average molecular weight is 263 g/mol. The summed E-state index contributed by atoms with van der Waals surface area (Å²) in [6.07, 6.45) is 5.65. The summed E-state index contributed by atoms with van der Waals surface area (Å²) >= 11 is 4.85. The summed E-state index contributed by atoms with van der Waals surface area (Å²) in [5.74, 6) is 4.51. The molecule has 18 heavy (non-hydrogen) atoms. The zero-order valence-electron chi connectivity index (χ0n) is 12.1. The molecule has 0 aliphatic heterocycles. The van der Waals surface area contributed by atoms with E-state index in [1.807, 2.05) is 0 Å². The average Bonchev–Trinajstić information content (AvgIpc) is 2.86. The molecule has 0 radical (unpaired) electrons. The second kappa shape index (κ2) is 3.90. The van der Waals surface area contributed by atoms with E-state index in [9.17, 15) is 0 Å². The SMILES string of the molecule is C[C@H]1CC[C@]23C1[C@H]2[C@@H](C(C)(C)N=C=S)CC[C@@H]3C. The van der Waals surface area contributed by atoms with Crippen LogP contribution in [0.25, 0.3) is 0 Å². The number of nitrogens with zero attached hydrogens (tertiary/aromatic N) is 1. The Morgan fingerprint density at radius 3 is 2.56 bits per heavy atom. The lowest BCUT2D eigenvalue weighted by atomic mass is 9.67. The van der Waals surface area contributed by atoms with E-state index in [1.54, 1.807) is 0 Å². The molecule has 0 saturated heterocycles. The van der Waals surface area contributed by atoms with Crippen LogP contribution in [0.15, 0.2) is 4.99 Å². The molecule has 0 aromatic rings. The van der Waals surface area contributed by atoms with Gasteiger partial charge in [0.25, 0.3) is 0 Å². The lowest BCUT2D eigenvalue weighted by Gasteiger charge is -2.39. The Balaban J connectivity index is 1.91. The minimum absolute atomic E-state index is 0.00359. The third-order valence-corrected chi connectivity index (χ3v) is 6.76. The van der Waals surface area contributed by atoms with Crippen molar-refractivity contribution < 1.29 is 0 Å². The fourth-order valence-electron chi connectivity index (χ4n) is 5.79. The van der Waals surface area contributed by atoms with E-state index in [4.69, 9.17) is 12.2 Å². The van der Waals surface area contributed by atoms with Crippen molar-refractivity contribution in [2.75, 3.05) is 0 Å². The smallest absolute Gasteiger partial charge is 0.0685 e. The molecular weight excluding hydrogens is 238 g/mol. The standard InChI is InChI=1S/C16H25NS/c1-10-7-8-16-11(2)5-6-12(14(16)13(10)16)15(3,4)17-9-18/h10-14H,5-8H2,1-4H3/t10-,11-,12-,13?,14+,16-/m0/s1. The van der Waals surface area contributed by atoms with Gasteiger partial charge in [-0.25, -0.2) is 4.99 Å². The zero-order valence-corrected chi connectivity index (χ0v) is 12.9. The van der Waals surface area contributed by atoms with Crippen LogP contribution in [0.1, 0.15) is 53.4 Å². The Hall–Kier alpha value is -0.200. The molecule has 0 amide bonds. The normalized spacial score (nSPS) is 50.1. The van der Waals surface area contributed by atoms with Crippen LogP contribution >= 0.6 is 12.2 Å². The van der Waals surface area contributed by atoms with Crippen LogP contribution in [0.4, 0.5) is 0 Å². The van der Waals surface area contributed by atoms with Gasteiger partial charge in [0.15, 0.2) is 0 Å². The summed E-state index contributed by atoms with van der Waals surface area (Å²) in [5, 5.41) is 2.64. The minimum atomic E-state index is 0.00359. The summed E-state index contributed by atoms with van der Waals surface area (Å²) in [5.41, 5.74) is 0.695. The predicted molar refractivity (Wildman–Crippen MR) is 78.8 cm³/mol. The van der Waals surface area contributed by atoms with E-state index < -0.39 is 0 Å². The molecule has 2 heteroatoms. The van der Waals surface area contributed by atoms with E-state index >= 15 is 0 Å². The molecule has 0 N–H and O–H groups in total. The molecular formula is C16H25NS. The minimum Gasteiger partial charge on any atom is -0.226 e. The Morgan fingerprint density at radius 1 is 1.17 bits per heavy atom. The molecule has 100 valence electrons. The summed E-state index contributed by atoms with van der Waals surface area (Å²) in [6, 6.07) is 0. The van der Waals surface area contributed by atoms with Crippen molar-refractivity contribution in [2.24, 2.45) is 40.0 Å². The predicted octanol–water partition coefficient (Wildman–Crippen LogP) is 4.58. The van der Waals surface area contributed by atoms with Gasteiger partial charge >= 0.3 is 0 Å². The van der Waals surface area contributed by atoms with Crippen LogP contribution < -0.4 is 0 Å². The van der Waals surface area contributed by atoms with Gasteiger partial charge in [0.2, 0.25) is 0 Å². The third-order valence-electron chi connectivity index (χ3n) is 6.67. The first-order valence-electron chi connectivity index (χ1n) is 7.54. The van der Waals surface area contributed by atoms with Crippen LogP contribution in [0.3, 0.4) is 0 Å². The molecule has 3 aliphatic carbocycles. The molecule has 6 atom stereocenters. The summed E-state index contributed by atoms with van der Waals surface area (Å²) < 4.78 is 0. The van der Waals surface area contributed by atoms with Gasteiger partial charge in [-0.05, 0) is 86.8 Å². The van der Waals surface area contributed by atoms with Crippen molar-refractivity contribution in [3.63, 3.8) is 0 Å². The quantitative estimate of drug-likeness (QED) is 0.525. The lowest BCUT2D eigenvalue weighted by molar-refractivity contribution is 0.125. The lowest BCUT2D eigenvalue weighted by Crippen LogP contribution is -2.37. The van der Waals surface area contributed by atoms with Crippen molar-refractivity contribution in [3.8, 4) is 0 Å². The van der Waals surface area contributed by atoms with Crippen LogP contribution in [0.5, 0.6) is 0 Å². The number of isothiocyanates is 1. The molecule has 3 fully saturated rings. The highest BCUT2D eigenvalue weighted by atomic mass is 32.1. The molecule has 0 aromatic heterocycles. The first-order chi connectivity index (χ1) is 8.45. The fourth-order valence-corrected chi connectivity index (χ4v) is 6.03. The molecule has 1 spiro atoms. The second-order valence-corrected chi connectivity index (χ2v) is 7.80. The number of hydrogen-bond donors (Lipinski definition) is 0. The van der Waals surface area contributed by atoms with Crippen molar-refractivity contribution in [1.82, 2.24) is 0 Å². The van der Waals surface area contributed by atoms with Crippen LogP contribution in [-0.4, -0.2) is 10.7 Å². The molecule has 3 rings (SSSR count). The van der Waals surface area contributed by atoms with Gasteiger partial charge < -0.3 is 0 Å². The van der Waals surface area contributed by atoms with Crippen molar-refractivity contribution in [1.29, 1.82) is 0 Å². The second-order valence-electron chi connectivity index (χ2n) is 7.62. The van der Waals surface area contributed by atoms with E-state index in [2.05, 4.69) is 37.8 Å². The van der Waals surface area contributed by atoms with Crippen molar-refractivity contribution in [2.45, 2.75) is 58.9 Å². The summed E-state index contributed by atoms with van der Waals surface area (Å²) in [6.45, 7) is 9.49. The Labute approximate surface area is 116 Å². The first-order valence-corrected chi connectivity index (χ1v) is 7.95. The highest BCUT2D eigenvalue weighted by Crippen LogP contribution is 2.79. The number of hydrogen-bond acceptors (Lipinski definition) is 2. The maximum atomic E-state index is 4.85. The number of fused-ring (bicyclic) bond motifs is 1. The molecule has 0 aromatic carbocycles. The molecule has 1 nitrogen and oxygen atoms in total. The van der Waals surface area contributed by atoms with Gasteiger partial charge in [0.1, 0.15) is 0 Å². The highest BCUT2D eigenvalue weighted by Gasteiger charge is 2.75. The molecule has 0 heterocycles. The number of thiocarbonyl (C=S) groups is 1. The van der Waals surface area contributed by atoms with Gasteiger partial charge in [-0.15, -0.1) is 0 Å². The highest BCUT2D eigenvalue weighted by molar-refractivity contribution is 7.78. The van der Waals surface area contributed by atoms with E-state index in [-0.39, 0.29) is 5.54 Å². The molecule has 3 aliphatic rings. The largest absolute Gasteiger partial charge is 0.226 e. The Kier molecular flexibility index (Phi) is 2.78. The maximum Gasteiger partial charge on any atom is 0.0685 e. The Bertz CT molecular complexity index is 409. The van der Waals surface area contributed by atoms with E-state index in [0.717, 1.165) is 29.6 Å². The summed E-state index contributed by atoms with van der Waals surface area (Å²) in [7, 11) is 0. The zero-order chi connectivity index (χ0) is 13.1. The van der Waals surface area contributed by atoms with E-state index in [1.165, 1.54) is 25.7 Å². The molecule has 1 unspecified atom stereocenters. The van der Waals surface area contributed by atoms with E-state index in [0.29, 0.717) is 5.41 Å². The number of aliphatic imine (C=N–C) groups is 1. The van der Waals surface area contributed by atoms with Gasteiger partial charge in [0, 0.05) is 0 Å². The Morgan fingerprint density at radius 2 is 1.89 bits per heavy atom. The summed E-state index contributed by atoms with van der Waals surface area (Å²) in [4.78, 5) is 4.50. The fraction of sp³-hybridized carbons (Fsp3) is 0.938. The number of rotatable bonds is 2. The van der Waals surface area contributed by atoms with Crippen LogP contribution in [-0.2, 0) is 0 Å². The van der Waals surface area contributed by atoms with Crippen molar-refractivity contribution in [3.05, 3.63) is 0 Å². The molecule has 0 bridgehead atoms. The van der Waals surface area contributed by atoms with Gasteiger partial charge in [-0.1, -0.05) is 13.8 Å². The van der Waals surface area contributed by atoms with Crippen LogP contribution in [0, 0.1) is 35.0 Å². The van der Waals surface area contributed by atoms with Crippen LogP contribution in [0.2, 0.25) is 0 Å². The van der Waals surface area contributed by atoms with Crippen molar-refractivity contribution >= 4 is 17.4 Å². The van der Waals surface area contributed by atoms with Gasteiger partial charge in [0.05, 0.1) is 10.7 Å². The molecule has 3 saturated carbocycles. The topological polar surface area (TPSA) is 12.4 Å². The monoisotopic (exact) mass is 263 g/mol. The first kappa shape index (κ1) is 12.8. The maximum absolute atomic E-state index is 4.85.